The number of carboxylic acids is 1. The number of nitrogens with zero attached hydrogens (tertiary/aromatic N) is 2. The normalized spacial score (nSPS) is 16.8. The van der Waals surface area contributed by atoms with E-state index in [0.717, 1.165) is 9.87 Å². The first-order valence-corrected chi connectivity index (χ1v) is 10.8. The summed E-state index contributed by atoms with van der Waals surface area (Å²) in [6, 6.07) is 14.4. The van der Waals surface area contributed by atoms with Gasteiger partial charge in [-0.05, 0) is 49.7 Å². The number of aryl methyl sites for hydroxylation is 1. The molecule has 8 nitrogen and oxygen atoms in total. The molecule has 30 heavy (non-hydrogen) atoms. The molecule has 1 fully saturated rings. The molecule has 156 valence electrons. The fraction of sp³-hybridized carbons (Fsp3) is 0.238. The van der Waals surface area contributed by atoms with Crippen LogP contribution in [0.25, 0.3) is 11.5 Å². The Kier molecular flexibility index (Phi) is 5.31. The Hall–Kier alpha value is -3.17. The van der Waals surface area contributed by atoms with E-state index < -0.39 is 22.0 Å². The molecule has 2 heterocycles. The maximum absolute atomic E-state index is 12.6. The average molecular weight is 428 g/mol. The van der Waals surface area contributed by atoms with Crippen LogP contribution in [-0.4, -0.2) is 41.4 Å². The lowest BCUT2D eigenvalue weighted by molar-refractivity contribution is -0.144. The molecule has 1 aliphatic rings. The smallest absolute Gasteiger partial charge is 0.322 e. The molecule has 1 N–H and O–H groups in total. The maximum atomic E-state index is 12.6. The van der Waals surface area contributed by atoms with Gasteiger partial charge < -0.3 is 14.3 Å². The Morgan fingerprint density at radius 1 is 1.20 bits per heavy atom. The topological polar surface area (TPSA) is 110 Å². The number of sulfonamides is 1. The highest BCUT2D eigenvalue weighted by Crippen LogP contribution is 2.28. The second-order valence-electron chi connectivity index (χ2n) is 6.91. The number of carboxylic acid groups (broad SMARTS) is 1. The van der Waals surface area contributed by atoms with Crippen molar-refractivity contribution >= 4 is 16.0 Å². The number of aromatic nitrogens is 1. The molecule has 0 saturated carbocycles. The van der Waals surface area contributed by atoms with Gasteiger partial charge in [-0.2, -0.15) is 4.31 Å². The first-order valence-electron chi connectivity index (χ1n) is 9.35. The number of benzene rings is 2. The minimum atomic E-state index is -3.84. The zero-order chi connectivity index (χ0) is 21.3. The Morgan fingerprint density at radius 3 is 2.50 bits per heavy atom. The minimum Gasteiger partial charge on any atom is -0.487 e. The van der Waals surface area contributed by atoms with E-state index in [1.54, 1.807) is 6.92 Å². The summed E-state index contributed by atoms with van der Waals surface area (Å²) in [5, 5.41) is 9.09. The van der Waals surface area contributed by atoms with Gasteiger partial charge in [0.15, 0.2) is 0 Å². The summed E-state index contributed by atoms with van der Waals surface area (Å²) in [5.74, 6) is 0.486. The van der Waals surface area contributed by atoms with Crippen LogP contribution >= 0.6 is 0 Å². The van der Waals surface area contributed by atoms with Crippen molar-refractivity contribution in [2.75, 3.05) is 6.54 Å². The third-order valence-electron chi connectivity index (χ3n) is 4.97. The van der Waals surface area contributed by atoms with Crippen molar-refractivity contribution in [2.45, 2.75) is 30.9 Å². The van der Waals surface area contributed by atoms with Gasteiger partial charge in [0.1, 0.15) is 29.9 Å². The van der Waals surface area contributed by atoms with Crippen LogP contribution in [0.3, 0.4) is 0 Å². The molecular formula is C21H20N2O6S. The van der Waals surface area contributed by atoms with Gasteiger partial charge in [0.2, 0.25) is 15.9 Å². The largest absolute Gasteiger partial charge is 0.487 e. The number of hydrogen-bond acceptors (Lipinski definition) is 6. The van der Waals surface area contributed by atoms with Crippen molar-refractivity contribution in [3.8, 4) is 17.2 Å². The number of ether oxygens (including phenoxy) is 1. The maximum Gasteiger partial charge on any atom is 0.322 e. The van der Waals surface area contributed by atoms with Crippen LogP contribution in [0.5, 0.6) is 5.75 Å². The van der Waals surface area contributed by atoms with Gasteiger partial charge in [-0.3, -0.25) is 4.79 Å². The van der Waals surface area contributed by atoms with Gasteiger partial charge >= 0.3 is 5.97 Å². The van der Waals surface area contributed by atoms with E-state index in [2.05, 4.69) is 4.98 Å². The van der Waals surface area contributed by atoms with Crippen LogP contribution in [0.15, 0.2) is 63.9 Å². The molecule has 0 radical (unpaired) electrons. The van der Waals surface area contributed by atoms with Crippen molar-refractivity contribution < 1.29 is 27.5 Å². The van der Waals surface area contributed by atoms with Crippen molar-refractivity contribution in [3.63, 3.8) is 0 Å². The molecule has 9 heteroatoms. The molecule has 1 saturated heterocycles. The first-order chi connectivity index (χ1) is 14.4. The second-order valence-corrected chi connectivity index (χ2v) is 8.80. The molecular weight excluding hydrogens is 408 g/mol. The van der Waals surface area contributed by atoms with Gasteiger partial charge in [-0.25, -0.2) is 13.4 Å². The highest BCUT2D eigenvalue weighted by molar-refractivity contribution is 7.89. The summed E-state index contributed by atoms with van der Waals surface area (Å²) in [6.45, 7) is 2.17. The summed E-state index contributed by atoms with van der Waals surface area (Å²) in [5.41, 5.74) is 1.52. The molecule has 2 aromatic carbocycles. The van der Waals surface area contributed by atoms with E-state index in [-0.39, 0.29) is 18.0 Å². The monoisotopic (exact) mass is 428 g/mol. The fourth-order valence-electron chi connectivity index (χ4n) is 3.16. The molecule has 0 bridgehead atoms. The molecule has 1 aliphatic heterocycles. The van der Waals surface area contributed by atoms with E-state index >= 15 is 0 Å². The standard InChI is InChI=1S/C21H20N2O6S/c1-14-18(22-20(29-14)15-5-3-2-4-6-15)13-28-16-7-9-17(10-8-16)30(26,27)23-12-11-19(23)21(24)25/h2-10,19H,11-13H2,1H3,(H,24,25). The van der Waals surface area contributed by atoms with Gasteiger partial charge in [0, 0.05) is 12.1 Å². The van der Waals surface area contributed by atoms with Gasteiger partial charge in [0.05, 0.1) is 4.90 Å². The molecule has 4 rings (SSSR count). The Bertz CT molecular complexity index is 1160. The molecule has 3 aromatic rings. The van der Waals surface area contributed by atoms with Crippen molar-refractivity contribution in [2.24, 2.45) is 0 Å². The predicted octanol–water partition coefficient (Wildman–Crippen LogP) is 3.08. The SMILES string of the molecule is Cc1oc(-c2ccccc2)nc1COc1ccc(S(=O)(=O)N2CCC2C(=O)O)cc1. The Balaban J connectivity index is 1.44. The number of aliphatic carboxylic acids is 1. The lowest BCUT2D eigenvalue weighted by Crippen LogP contribution is -2.54. The average Bonchev–Trinajstić information content (AvgIpc) is 3.06. The fourth-order valence-corrected chi connectivity index (χ4v) is 4.79. The van der Waals surface area contributed by atoms with Crippen LogP contribution in [0.2, 0.25) is 0 Å². The number of oxazole rings is 1. The third kappa shape index (κ3) is 3.81. The van der Waals surface area contributed by atoms with Crippen LogP contribution in [0, 0.1) is 6.92 Å². The molecule has 0 spiro atoms. The lowest BCUT2D eigenvalue weighted by atomic mass is 10.1. The summed E-state index contributed by atoms with van der Waals surface area (Å²) >= 11 is 0. The number of carbonyl (C=O) groups is 1. The van der Waals surface area contributed by atoms with E-state index in [1.165, 1.54) is 24.3 Å². The summed E-state index contributed by atoms with van der Waals surface area (Å²) < 4.78 is 37.6. The van der Waals surface area contributed by atoms with Crippen LogP contribution in [-0.2, 0) is 21.4 Å². The number of hydrogen-bond donors (Lipinski definition) is 1. The Morgan fingerprint density at radius 2 is 1.90 bits per heavy atom. The molecule has 1 aromatic heterocycles. The highest BCUT2D eigenvalue weighted by Gasteiger charge is 2.42. The van der Waals surface area contributed by atoms with Gasteiger partial charge in [-0.15, -0.1) is 0 Å². The van der Waals surface area contributed by atoms with Crippen LogP contribution in [0.1, 0.15) is 17.9 Å². The van der Waals surface area contributed by atoms with E-state index in [1.807, 2.05) is 30.3 Å². The first kappa shape index (κ1) is 20.1. The van der Waals surface area contributed by atoms with Crippen molar-refractivity contribution in [3.05, 3.63) is 66.1 Å². The predicted molar refractivity (Wildman–Crippen MR) is 107 cm³/mol. The highest BCUT2D eigenvalue weighted by atomic mass is 32.2. The molecule has 0 aliphatic carbocycles. The van der Waals surface area contributed by atoms with Crippen LogP contribution < -0.4 is 4.74 Å². The van der Waals surface area contributed by atoms with E-state index in [9.17, 15) is 13.2 Å². The van der Waals surface area contributed by atoms with Gasteiger partial charge in [-0.1, -0.05) is 18.2 Å². The number of rotatable bonds is 7. The lowest BCUT2D eigenvalue weighted by Gasteiger charge is -2.36. The summed E-state index contributed by atoms with van der Waals surface area (Å²) in [6.07, 6.45) is 0.317. The third-order valence-corrected chi connectivity index (χ3v) is 6.90. The zero-order valence-electron chi connectivity index (χ0n) is 16.2. The summed E-state index contributed by atoms with van der Waals surface area (Å²) in [4.78, 5) is 15.6. The van der Waals surface area contributed by atoms with Crippen molar-refractivity contribution in [1.82, 2.24) is 9.29 Å². The van der Waals surface area contributed by atoms with E-state index in [4.69, 9.17) is 14.3 Å². The second kappa shape index (κ2) is 7.92. The van der Waals surface area contributed by atoms with Crippen molar-refractivity contribution in [1.29, 1.82) is 0 Å². The quantitative estimate of drug-likeness (QED) is 0.616. The minimum absolute atomic E-state index is 0.0322. The van der Waals surface area contributed by atoms with Gasteiger partial charge in [0.25, 0.3) is 0 Å². The molecule has 0 amide bonds. The summed E-state index contributed by atoms with van der Waals surface area (Å²) in [7, 11) is -3.84. The Labute approximate surface area is 173 Å². The molecule has 1 atom stereocenters. The van der Waals surface area contributed by atoms with E-state index in [0.29, 0.717) is 29.5 Å². The molecule has 1 unspecified atom stereocenters. The zero-order valence-corrected chi connectivity index (χ0v) is 17.0. The van der Waals surface area contributed by atoms with Crippen LogP contribution in [0.4, 0.5) is 0 Å².